The summed E-state index contributed by atoms with van der Waals surface area (Å²) in [5.74, 6) is 1.45. The number of hydrogen-bond donors (Lipinski definition) is 0. The van der Waals surface area contributed by atoms with Crippen LogP contribution in [-0.4, -0.2) is 20.7 Å². The molecule has 5 nitrogen and oxygen atoms in total. The molecule has 120 valence electrons. The third kappa shape index (κ3) is 2.85. The fourth-order valence-electron chi connectivity index (χ4n) is 2.85. The van der Waals surface area contributed by atoms with Gasteiger partial charge in [0.25, 0.3) is 0 Å². The lowest BCUT2D eigenvalue weighted by Gasteiger charge is -2.10. The zero-order valence-corrected chi connectivity index (χ0v) is 13.0. The van der Waals surface area contributed by atoms with E-state index < -0.39 is 5.97 Å². The number of aryl methyl sites for hydroxylation is 1. The van der Waals surface area contributed by atoms with Gasteiger partial charge in [-0.3, -0.25) is 0 Å². The predicted octanol–water partition coefficient (Wildman–Crippen LogP) is 3.29. The maximum absolute atomic E-state index is 13.1. The smallest absolute Gasteiger partial charge is 0.338 e. The minimum absolute atomic E-state index is 0.103. The molecule has 0 bridgehead atoms. The molecule has 0 radical (unpaired) electrons. The van der Waals surface area contributed by atoms with Crippen molar-refractivity contribution in [1.82, 2.24) is 14.8 Å². The van der Waals surface area contributed by atoms with E-state index in [1.807, 2.05) is 0 Å². The molecule has 1 heterocycles. The van der Waals surface area contributed by atoms with Crippen molar-refractivity contribution in [3.63, 3.8) is 0 Å². The minimum Gasteiger partial charge on any atom is -0.454 e. The molecule has 0 saturated heterocycles. The zero-order valence-electron chi connectivity index (χ0n) is 13.0. The first-order valence-electron chi connectivity index (χ1n) is 8.00. The van der Waals surface area contributed by atoms with Gasteiger partial charge in [0, 0.05) is 12.0 Å². The van der Waals surface area contributed by atoms with Crippen LogP contribution in [0.5, 0.6) is 0 Å². The molecule has 2 aliphatic carbocycles. The largest absolute Gasteiger partial charge is 0.454 e. The maximum Gasteiger partial charge on any atom is 0.338 e. The van der Waals surface area contributed by atoms with Gasteiger partial charge in [-0.15, -0.1) is 10.2 Å². The highest BCUT2D eigenvalue weighted by Gasteiger charge is 2.36. The van der Waals surface area contributed by atoms with Crippen LogP contribution in [0.15, 0.2) is 18.2 Å². The molecule has 1 aromatic carbocycles. The third-order valence-corrected chi connectivity index (χ3v) is 4.39. The van der Waals surface area contributed by atoms with Gasteiger partial charge in [0.05, 0.1) is 5.56 Å². The van der Waals surface area contributed by atoms with Gasteiger partial charge in [-0.2, -0.15) is 0 Å². The Kier molecular flexibility index (Phi) is 3.39. The number of aromatic nitrogens is 3. The summed E-state index contributed by atoms with van der Waals surface area (Å²) in [6.07, 6.45) is 4.60. The van der Waals surface area contributed by atoms with E-state index in [1.54, 1.807) is 6.92 Å². The van der Waals surface area contributed by atoms with Gasteiger partial charge < -0.3 is 9.30 Å². The van der Waals surface area contributed by atoms with Crippen LogP contribution in [0.4, 0.5) is 4.39 Å². The summed E-state index contributed by atoms with van der Waals surface area (Å²) in [6.45, 7) is 1.80. The van der Waals surface area contributed by atoms with Crippen molar-refractivity contribution in [2.24, 2.45) is 0 Å². The molecule has 2 saturated carbocycles. The molecular formula is C17H18FN3O2. The molecular weight excluding hydrogens is 297 g/mol. The monoisotopic (exact) mass is 315 g/mol. The Morgan fingerprint density at radius 1 is 1.30 bits per heavy atom. The second kappa shape index (κ2) is 5.44. The second-order valence-electron chi connectivity index (χ2n) is 6.39. The average Bonchev–Trinajstić information content (AvgIpc) is 3.43. The first kappa shape index (κ1) is 14.4. The molecule has 0 unspecified atom stereocenters. The lowest BCUT2D eigenvalue weighted by atomic mass is 10.1. The van der Waals surface area contributed by atoms with E-state index in [0.29, 0.717) is 28.9 Å². The van der Waals surface area contributed by atoms with Gasteiger partial charge >= 0.3 is 5.97 Å². The van der Waals surface area contributed by atoms with Crippen LogP contribution in [0.2, 0.25) is 0 Å². The fourth-order valence-corrected chi connectivity index (χ4v) is 2.85. The van der Waals surface area contributed by atoms with E-state index in [9.17, 15) is 9.18 Å². The van der Waals surface area contributed by atoms with E-state index in [2.05, 4.69) is 14.8 Å². The molecule has 0 atom stereocenters. The highest BCUT2D eigenvalue weighted by Crippen LogP contribution is 2.44. The van der Waals surface area contributed by atoms with Crippen LogP contribution in [-0.2, 0) is 11.3 Å². The van der Waals surface area contributed by atoms with Crippen LogP contribution < -0.4 is 0 Å². The number of hydrogen-bond acceptors (Lipinski definition) is 4. The van der Waals surface area contributed by atoms with E-state index in [4.69, 9.17) is 4.74 Å². The van der Waals surface area contributed by atoms with Crippen molar-refractivity contribution in [2.75, 3.05) is 0 Å². The number of rotatable bonds is 5. The topological polar surface area (TPSA) is 57.0 Å². The lowest BCUT2D eigenvalue weighted by molar-refractivity contribution is 0.0456. The van der Waals surface area contributed by atoms with Gasteiger partial charge in [0.1, 0.15) is 11.6 Å². The highest BCUT2D eigenvalue weighted by molar-refractivity contribution is 5.90. The third-order valence-electron chi connectivity index (χ3n) is 4.39. The number of ether oxygens (including phenoxy) is 1. The van der Waals surface area contributed by atoms with E-state index in [1.165, 1.54) is 31.0 Å². The molecule has 0 spiro atoms. The number of benzene rings is 1. The molecule has 2 aliphatic rings. The SMILES string of the molecule is Cc1cc(F)ccc1C(=O)OCc1nnc(C2CC2)n1C1CC1. The van der Waals surface area contributed by atoms with Crippen molar-refractivity contribution in [2.45, 2.75) is 51.2 Å². The van der Waals surface area contributed by atoms with Crippen LogP contribution in [0.25, 0.3) is 0 Å². The number of halogens is 1. The van der Waals surface area contributed by atoms with Crippen molar-refractivity contribution < 1.29 is 13.9 Å². The van der Waals surface area contributed by atoms with Gasteiger partial charge in [-0.25, -0.2) is 9.18 Å². The molecule has 2 aromatic rings. The summed E-state index contributed by atoms with van der Waals surface area (Å²) < 4.78 is 20.7. The number of carbonyl (C=O) groups excluding carboxylic acids is 1. The standard InChI is InChI=1S/C17H18FN3O2/c1-10-8-12(18)4-7-14(10)17(22)23-9-15-19-20-16(11-2-3-11)21(15)13-5-6-13/h4,7-8,11,13H,2-3,5-6,9H2,1H3. The number of nitrogens with zero attached hydrogens (tertiary/aromatic N) is 3. The Hall–Kier alpha value is -2.24. The van der Waals surface area contributed by atoms with Gasteiger partial charge in [0.15, 0.2) is 12.4 Å². The highest BCUT2D eigenvalue weighted by atomic mass is 19.1. The second-order valence-corrected chi connectivity index (χ2v) is 6.39. The lowest BCUT2D eigenvalue weighted by Crippen LogP contribution is -2.11. The summed E-state index contributed by atoms with van der Waals surface area (Å²) in [4.78, 5) is 12.2. The maximum atomic E-state index is 13.1. The first-order chi connectivity index (χ1) is 11.1. The molecule has 0 N–H and O–H groups in total. The van der Waals surface area contributed by atoms with Gasteiger partial charge in [0.2, 0.25) is 0 Å². The summed E-state index contributed by atoms with van der Waals surface area (Å²) in [6, 6.07) is 4.51. The van der Waals surface area contributed by atoms with Crippen LogP contribution in [0.3, 0.4) is 0 Å². The first-order valence-corrected chi connectivity index (χ1v) is 8.00. The van der Waals surface area contributed by atoms with Crippen LogP contribution >= 0.6 is 0 Å². The fraction of sp³-hybridized carbons (Fsp3) is 0.471. The van der Waals surface area contributed by atoms with Gasteiger partial charge in [-0.05, 0) is 56.4 Å². The summed E-state index contributed by atoms with van der Waals surface area (Å²) in [7, 11) is 0. The van der Waals surface area contributed by atoms with Crippen LogP contribution in [0, 0.1) is 12.7 Å². The van der Waals surface area contributed by atoms with E-state index >= 15 is 0 Å². The molecule has 4 rings (SSSR count). The summed E-state index contributed by atoms with van der Waals surface area (Å²) in [5.41, 5.74) is 0.948. The van der Waals surface area contributed by atoms with Crippen molar-refractivity contribution in [1.29, 1.82) is 0 Å². The van der Waals surface area contributed by atoms with Crippen LogP contribution in [0.1, 0.15) is 65.2 Å². The molecule has 1 aromatic heterocycles. The van der Waals surface area contributed by atoms with E-state index in [0.717, 1.165) is 18.7 Å². The molecule has 0 aliphatic heterocycles. The quantitative estimate of drug-likeness (QED) is 0.794. The molecule has 0 amide bonds. The Morgan fingerprint density at radius 3 is 2.74 bits per heavy atom. The molecule has 2 fully saturated rings. The van der Waals surface area contributed by atoms with Crippen molar-refractivity contribution in [3.8, 4) is 0 Å². The molecule has 6 heteroatoms. The Labute approximate surface area is 133 Å². The number of carbonyl (C=O) groups is 1. The zero-order chi connectivity index (χ0) is 16.0. The van der Waals surface area contributed by atoms with E-state index in [-0.39, 0.29) is 12.4 Å². The van der Waals surface area contributed by atoms with Crippen molar-refractivity contribution in [3.05, 3.63) is 46.8 Å². The average molecular weight is 315 g/mol. The Balaban J connectivity index is 1.49. The summed E-state index contributed by atoms with van der Waals surface area (Å²) >= 11 is 0. The normalized spacial score (nSPS) is 17.3. The summed E-state index contributed by atoms with van der Waals surface area (Å²) in [5, 5.41) is 8.51. The van der Waals surface area contributed by atoms with Crippen molar-refractivity contribution >= 4 is 5.97 Å². The number of esters is 1. The predicted molar refractivity (Wildman–Crippen MR) is 80.5 cm³/mol. The molecule has 23 heavy (non-hydrogen) atoms. The Bertz CT molecular complexity index is 763. The van der Waals surface area contributed by atoms with Gasteiger partial charge in [-0.1, -0.05) is 0 Å². The Morgan fingerprint density at radius 2 is 2.09 bits per heavy atom. The minimum atomic E-state index is -0.458.